The van der Waals surface area contributed by atoms with Crippen molar-refractivity contribution in [3.63, 3.8) is 0 Å². The lowest BCUT2D eigenvalue weighted by molar-refractivity contribution is -0.148. The summed E-state index contributed by atoms with van der Waals surface area (Å²) in [6, 6.07) is 0. The van der Waals surface area contributed by atoms with E-state index in [0.29, 0.717) is 18.4 Å². The van der Waals surface area contributed by atoms with E-state index in [1.807, 2.05) is 57.2 Å². The van der Waals surface area contributed by atoms with Gasteiger partial charge in [0.05, 0.1) is 0 Å². The van der Waals surface area contributed by atoms with Crippen LogP contribution in [0.4, 0.5) is 0 Å². The van der Waals surface area contributed by atoms with Crippen LogP contribution in [0.25, 0.3) is 0 Å². The predicted molar refractivity (Wildman–Crippen MR) is 215 cm³/mol. The van der Waals surface area contributed by atoms with Crippen LogP contribution < -0.4 is 0 Å². The summed E-state index contributed by atoms with van der Waals surface area (Å²) < 4.78 is 16.2. The zero-order valence-electron chi connectivity index (χ0n) is 34.1. The van der Waals surface area contributed by atoms with Crippen molar-refractivity contribution in [1.29, 1.82) is 0 Å². The van der Waals surface area contributed by atoms with Crippen molar-refractivity contribution in [2.24, 2.45) is 16.7 Å². The molecule has 0 amide bonds. The molecule has 2 aliphatic carbocycles. The summed E-state index contributed by atoms with van der Waals surface area (Å²) in [5.41, 5.74) is 6.63. The second-order valence-corrected chi connectivity index (χ2v) is 15.8. The van der Waals surface area contributed by atoms with Gasteiger partial charge in [-0.25, -0.2) is 0 Å². The Labute approximate surface area is 318 Å². The van der Waals surface area contributed by atoms with Gasteiger partial charge in [0.2, 0.25) is 0 Å². The van der Waals surface area contributed by atoms with Gasteiger partial charge >= 0.3 is 17.9 Å². The van der Waals surface area contributed by atoms with Crippen LogP contribution in [0, 0.1) is 16.7 Å². The number of hydrogen-bond donors (Lipinski definition) is 0. The molecule has 7 nitrogen and oxygen atoms in total. The fraction of sp³-hybridized carbons (Fsp3) is 0.478. The topological polar surface area (TPSA) is 96.0 Å². The smallest absolute Gasteiger partial charge is 0.303 e. The molecule has 0 heterocycles. The number of ether oxygens (including phenoxy) is 3. The molecule has 7 heteroatoms. The zero-order valence-corrected chi connectivity index (χ0v) is 34.1. The first-order chi connectivity index (χ1) is 24.7. The molecular formula is C46H62O7. The number of esters is 3. The highest BCUT2D eigenvalue weighted by Crippen LogP contribution is 2.44. The maximum Gasteiger partial charge on any atom is 0.303 e. The molecular weight excluding hydrogens is 664 g/mol. The Morgan fingerprint density at radius 1 is 0.717 bits per heavy atom. The van der Waals surface area contributed by atoms with E-state index in [1.54, 1.807) is 12.2 Å². The Balaban J connectivity index is 2.04. The summed E-state index contributed by atoms with van der Waals surface area (Å²) in [5, 5.41) is 0. The van der Waals surface area contributed by atoms with E-state index in [4.69, 9.17) is 14.2 Å². The molecule has 2 aliphatic rings. The van der Waals surface area contributed by atoms with Gasteiger partial charge in [-0.05, 0) is 64.4 Å². The third-order valence-electron chi connectivity index (χ3n) is 9.64. The molecule has 0 aromatic heterocycles. The van der Waals surface area contributed by atoms with Crippen LogP contribution in [0.15, 0.2) is 118 Å². The molecule has 3 atom stereocenters. The monoisotopic (exact) mass is 726 g/mol. The summed E-state index contributed by atoms with van der Waals surface area (Å²) in [4.78, 5) is 48.0. The molecule has 0 saturated heterocycles. The normalized spacial score (nSPS) is 22.9. The first-order valence-corrected chi connectivity index (χ1v) is 18.5. The highest BCUT2D eigenvalue weighted by atomic mass is 16.5. The van der Waals surface area contributed by atoms with E-state index >= 15 is 0 Å². The van der Waals surface area contributed by atoms with Crippen molar-refractivity contribution in [2.45, 2.75) is 121 Å². The van der Waals surface area contributed by atoms with Crippen molar-refractivity contribution in [1.82, 2.24) is 0 Å². The maximum atomic E-state index is 13.5. The molecule has 0 aromatic rings. The van der Waals surface area contributed by atoms with Gasteiger partial charge in [-0.3, -0.25) is 19.2 Å². The quantitative estimate of drug-likeness (QED) is 0.0545. The third-order valence-corrected chi connectivity index (χ3v) is 9.64. The predicted octanol–water partition coefficient (Wildman–Crippen LogP) is 10.5. The van der Waals surface area contributed by atoms with E-state index in [0.717, 1.165) is 34.3 Å². The Hall–Kier alpha value is -4.52. The minimum Gasteiger partial charge on any atom is -0.462 e. The number of ketones is 1. The average Bonchev–Trinajstić information content (AvgIpc) is 3.00. The molecule has 0 aliphatic heterocycles. The number of allylic oxidation sites excluding steroid dienone is 17. The molecule has 53 heavy (non-hydrogen) atoms. The second kappa shape index (κ2) is 20.6. The van der Waals surface area contributed by atoms with Crippen LogP contribution in [0.5, 0.6) is 0 Å². The molecule has 0 fully saturated rings. The first-order valence-electron chi connectivity index (χ1n) is 18.5. The minimum atomic E-state index is -0.447. The fourth-order valence-corrected chi connectivity index (χ4v) is 7.11. The van der Waals surface area contributed by atoms with Gasteiger partial charge in [-0.1, -0.05) is 134 Å². The van der Waals surface area contributed by atoms with Crippen LogP contribution in [-0.4, -0.2) is 42.5 Å². The minimum absolute atomic E-state index is 0.0198. The molecule has 0 aromatic carbocycles. The molecule has 0 spiro atoms. The summed E-state index contributed by atoms with van der Waals surface area (Å²) in [6.45, 7) is 22.9. The second-order valence-electron chi connectivity index (χ2n) is 15.8. The summed E-state index contributed by atoms with van der Waals surface area (Å²) in [7, 11) is 0. The van der Waals surface area contributed by atoms with Crippen molar-refractivity contribution in [2.75, 3.05) is 6.61 Å². The van der Waals surface area contributed by atoms with Gasteiger partial charge in [-0.15, -0.1) is 0 Å². The largest absolute Gasteiger partial charge is 0.462 e. The van der Waals surface area contributed by atoms with Gasteiger partial charge in [0.15, 0.2) is 5.78 Å². The molecule has 0 saturated carbocycles. The number of carbonyl (C=O) groups excluding carboxylic acids is 4. The van der Waals surface area contributed by atoms with Crippen molar-refractivity contribution < 1.29 is 33.4 Å². The maximum absolute atomic E-state index is 13.5. The van der Waals surface area contributed by atoms with Gasteiger partial charge in [-0.2, -0.15) is 0 Å². The van der Waals surface area contributed by atoms with E-state index in [-0.39, 0.29) is 59.7 Å². The van der Waals surface area contributed by atoms with Crippen molar-refractivity contribution >= 4 is 23.7 Å². The Morgan fingerprint density at radius 3 is 1.79 bits per heavy atom. The summed E-state index contributed by atoms with van der Waals surface area (Å²) in [5.74, 6) is -0.823. The Bertz CT molecular complexity index is 1680. The SMILES string of the molecule is CC(=O)OC\C(=C/C=C/C(C)=C/C=C/C=C(C)/C=C/C=C(C)/C=C/[C@H]1C(C)=C[C@H](OC(C)=O)CC1(C)C)C(=O)CC1=C(C)C[C@@H](OC(C)=O)CC1(C)C. The van der Waals surface area contributed by atoms with Gasteiger partial charge in [0, 0.05) is 45.1 Å². The molecule has 2 rings (SSSR count). The number of rotatable bonds is 15. The standard InChI is InChI=1S/C46H62O7/c1-31(19-15-20-33(3)23-24-42-34(4)25-40(52-37(7)48)28-45(42,9)10)17-13-14-18-32(2)21-16-22-39(30-51-36(6)47)44(50)27-43-35(5)26-41(53-38(8)49)29-46(43,11)12/h13-25,40-42H,26-30H2,1-12H3/b14-13+,19-15+,21-16+,24-23+,31-17+,32-18+,33-20+,39-22+/t40-,41+,42-/m0/s1. The first kappa shape index (κ1) is 44.6. The molecule has 0 bridgehead atoms. The zero-order chi connectivity index (χ0) is 39.9. The highest BCUT2D eigenvalue weighted by molar-refractivity contribution is 5.98. The van der Waals surface area contributed by atoms with Crippen LogP contribution in [-0.2, 0) is 33.4 Å². The Kier molecular flexibility index (Phi) is 17.4. The lowest BCUT2D eigenvalue weighted by atomic mass is 9.67. The fourth-order valence-electron chi connectivity index (χ4n) is 7.11. The van der Waals surface area contributed by atoms with Crippen molar-refractivity contribution in [3.8, 4) is 0 Å². The Morgan fingerprint density at radius 2 is 1.26 bits per heavy atom. The van der Waals surface area contributed by atoms with E-state index < -0.39 is 5.97 Å². The van der Waals surface area contributed by atoms with Gasteiger partial charge < -0.3 is 14.2 Å². The number of carbonyl (C=O) groups is 4. The van der Waals surface area contributed by atoms with Crippen LogP contribution in [0.3, 0.4) is 0 Å². The average molecular weight is 727 g/mol. The van der Waals surface area contributed by atoms with Crippen LogP contribution in [0.2, 0.25) is 0 Å². The molecule has 0 radical (unpaired) electrons. The molecule has 0 unspecified atom stereocenters. The van der Waals surface area contributed by atoms with E-state index in [2.05, 4.69) is 71.9 Å². The van der Waals surface area contributed by atoms with Crippen LogP contribution >= 0.6 is 0 Å². The van der Waals surface area contributed by atoms with Crippen LogP contribution in [0.1, 0.15) is 109 Å². The molecule has 288 valence electrons. The van der Waals surface area contributed by atoms with Gasteiger partial charge in [0.1, 0.15) is 18.8 Å². The number of hydrogen-bond acceptors (Lipinski definition) is 7. The third kappa shape index (κ3) is 15.9. The van der Waals surface area contributed by atoms with Crippen molar-refractivity contribution in [3.05, 3.63) is 118 Å². The lowest BCUT2D eigenvalue weighted by Crippen LogP contribution is -2.34. The van der Waals surface area contributed by atoms with E-state index in [1.165, 1.54) is 26.3 Å². The molecule has 0 N–H and O–H groups in total. The van der Waals surface area contributed by atoms with E-state index in [9.17, 15) is 19.2 Å². The summed E-state index contributed by atoms with van der Waals surface area (Å²) >= 11 is 0. The highest BCUT2D eigenvalue weighted by Gasteiger charge is 2.37. The number of Topliss-reactive ketones (excluding diaryl/α,β-unsaturated/α-hetero) is 1. The summed E-state index contributed by atoms with van der Waals surface area (Å²) in [6.07, 6.45) is 28.0. The lowest BCUT2D eigenvalue weighted by Gasteiger charge is -2.39. The van der Waals surface area contributed by atoms with Gasteiger partial charge in [0.25, 0.3) is 0 Å².